The van der Waals surface area contributed by atoms with Gasteiger partial charge in [0.15, 0.2) is 0 Å². The summed E-state index contributed by atoms with van der Waals surface area (Å²) < 4.78 is 0. The van der Waals surface area contributed by atoms with Crippen molar-refractivity contribution in [1.29, 1.82) is 0 Å². The minimum absolute atomic E-state index is 0.218. The van der Waals surface area contributed by atoms with Crippen molar-refractivity contribution in [2.45, 2.75) is 25.8 Å². The first kappa shape index (κ1) is 13.7. The van der Waals surface area contributed by atoms with Crippen LogP contribution in [0.5, 0.6) is 0 Å². The second-order valence-electron chi connectivity index (χ2n) is 5.08. The van der Waals surface area contributed by atoms with Crippen LogP contribution in [0.1, 0.15) is 30.1 Å². The van der Waals surface area contributed by atoms with Crippen molar-refractivity contribution in [2.75, 3.05) is 30.7 Å². The maximum atomic E-state index is 10.8. The number of carboxylic acid groups (broad SMARTS) is 1. The molecule has 4 N–H and O–H groups in total. The second-order valence-corrected chi connectivity index (χ2v) is 5.08. The summed E-state index contributed by atoms with van der Waals surface area (Å²) in [6.45, 7) is 5.34. The molecular weight excluding hydrogens is 242 g/mol. The van der Waals surface area contributed by atoms with Crippen LogP contribution in [0.15, 0.2) is 18.2 Å². The summed E-state index contributed by atoms with van der Waals surface area (Å²) in [6.07, 6.45) is 2.56. The van der Waals surface area contributed by atoms with E-state index in [9.17, 15) is 4.79 Å². The Hall–Kier alpha value is -1.75. The molecule has 1 aromatic carbocycles. The summed E-state index contributed by atoms with van der Waals surface area (Å²) in [6, 6.07) is 5.25. The largest absolute Gasteiger partial charge is 0.478 e. The third-order valence-corrected chi connectivity index (χ3v) is 3.65. The number of rotatable bonds is 5. The zero-order chi connectivity index (χ0) is 13.8. The van der Waals surface area contributed by atoms with Crippen LogP contribution in [0.25, 0.3) is 0 Å². The molecule has 1 aromatic rings. The maximum Gasteiger partial charge on any atom is 0.335 e. The number of aromatic carboxylic acids is 1. The average Bonchev–Trinajstić information content (AvgIpc) is 2.90. The van der Waals surface area contributed by atoms with Crippen LogP contribution in [0.3, 0.4) is 0 Å². The Labute approximate surface area is 113 Å². The number of benzene rings is 1. The smallest absolute Gasteiger partial charge is 0.335 e. The van der Waals surface area contributed by atoms with Gasteiger partial charge >= 0.3 is 5.97 Å². The molecule has 0 aliphatic carbocycles. The molecule has 1 aliphatic heterocycles. The quantitative estimate of drug-likeness (QED) is 0.707. The van der Waals surface area contributed by atoms with Crippen molar-refractivity contribution in [2.24, 2.45) is 0 Å². The molecule has 1 fully saturated rings. The zero-order valence-electron chi connectivity index (χ0n) is 11.2. The molecule has 104 valence electrons. The zero-order valence-corrected chi connectivity index (χ0v) is 11.2. The van der Waals surface area contributed by atoms with Crippen LogP contribution in [0.4, 0.5) is 11.4 Å². The molecule has 1 saturated heterocycles. The van der Waals surface area contributed by atoms with E-state index in [2.05, 4.69) is 17.1 Å². The highest BCUT2D eigenvalue weighted by Crippen LogP contribution is 2.20. The van der Waals surface area contributed by atoms with E-state index in [0.717, 1.165) is 25.3 Å². The summed E-state index contributed by atoms with van der Waals surface area (Å²) in [5.74, 6) is -0.955. The van der Waals surface area contributed by atoms with Crippen LogP contribution >= 0.6 is 0 Å². The fraction of sp³-hybridized carbons (Fsp3) is 0.500. The molecule has 0 spiro atoms. The molecule has 1 unspecified atom stereocenters. The number of carbonyl (C=O) groups is 1. The molecule has 1 atom stereocenters. The van der Waals surface area contributed by atoms with Gasteiger partial charge in [-0.15, -0.1) is 0 Å². The predicted octanol–water partition coefficient (Wildman–Crippen LogP) is 1.86. The Kier molecular flexibility index (Phi) is 4.27. The summed E-state index contributed by atoms with van der Waals surface area (Å²) in [7, 11) is 0. The molecule has 5 heteroatoms. The minimum atomic E-state index is -0.955. The van der Waals surface area contributed by atoms with Crippen molar-refractivity contribution in [3.63, 3.8) is 0 Å². The Morgan fingerprint density at radius 1 is 1.47 bits per heavy atom. The standard InChI is InChI=1S/C14H21N3O2/c1-10(17-6-2-3-7-17)9-16-13-5-4-11(14(18)19)8-12(13)15/h4-5,8,10,16H,2-3,6-7,9,15H2,1H3,(H,18,19). The first-order valence-corrected chi connectivity index (χ1v) is 6.68. The summed E-state index contributed by atoms with van der Waals surface area (Å²) in [5, 5.41) is 12.2. The van der Waals surface area contributed by atoms with Gasteiger partial charge in [0.05, 0.1) is 16.9 Å². The van der Waals surface area contributed by atoms with Gasteiger partial charge in [0.25, 0.3) is 0 Å². The second kappa shape index (κ2) is 5.93. The van der Waals surface area contributed by atoms with Crippen LogP contribution in [0, 0.1) is 0 Å². The van der Waals surface area contributed by atoms with Gasteiger partial charge in [0.1, 0.15) is 0 Å². The highest BCUT2D eigenvalue weighted by atomic mass is 16.4. The van der Waals surface area contributed by atoms with Gasteiger partial charge in [-0.3, -0.25) is 4.90 Å². The molecule has 1 heterocycles. The number of hydrogen-bond acceptors (Lipinski definition) is 4. The van der Waals surface area contributed by atoms with E-state index in [0.29, 0.717) is 11.7 Å². The lowest BCUT2D eigenvalue weighted by Crippen LogP contribution is -2.35. The van der Waals surface area contributed by atoms with E-state index in [1.165, 1.54) is 18.9 Å². The van der Waals surface area contributed by atoms with E-state index in [-0.39, 0.29) is 5.56 Å². The fourth-order valence-electron chi connectivity index (χ4n) is 2.43. The van der Waals surface area contributed by atoms with Crippen LogP contribution < -0.4 is 11.1 Å². The molecule has 19 heavy (non-hydrogen) atoms. The number of likely N-dealkylation sites (tertiary alicyclic amines) is 1. The molecule has 0 radical (unpaired) electrons. The van der Waals surface area contributed by atoms with Gasteiger partial charge < -0.3 is 16.2 Å². The van der Waals surface area contributed by atoms with Gasteiger partial charge in [0.2, 0.25) is 0 Å². The molecule has 2 rings (SSSR count). The lowest BCUT2D eigenvalue weighted by Gasteiger charge is -2.24. The van der Waals surface area contributed by atoms with E-state index in [1.54, 1.807) is 12.1 Å². The Morgan fingerprint density at radius 3 is 2.74 bits per heavy atom. The van der Waals surface area contributed by atoms with Crippen molar-refractivity contribution in [3.05, 3.63) is 23.8 Å². The first-order valence-electron chi connectivity index (χ1n) is 6.68. The van der Waals surface area contributed by atoms with E-state index in [1.807, 2.05) is 0 Å². The van der Waals surface area contributed by atoms with Crippen LogP contribution in [-0.2, 0) is 0 Å². The Morgan fingerprint density at radius 2 is 2.16 bits per heavy atom. The van der Waals surface area contributed by atoms with Gasteiger partial charge in [-0.2, -0.15) is 0 Å². The van der Waals surface area contributed by atoms with Crippen molar-refractivity contribution in [1.82, 2.24) is 4.90 Å². The van der Waals surface area contributed by atoms with Gasteiger partial charge in [-0.05, 0) is 51.1 Å². The van der Waals surface area contributed by atoms with E-state index < -0.39 is 5.97 Å². The molecule has 0 saturated carbocycles. The van der Waals surface area contributed by atoms with E-state index >= 15 is 0 Å². The van der Waals surface area contributed by atoms with Gasteiger partial charge in [-0.1, -0.05) is 0 Å². The minimum Gasteiger partial charge on any atom is -0.478 e. The number of nitrogens with one attached hydrogen (secondary N) is 1. The topological polar surface area (TPSA) is 78.6 Å². The molecule has 5 nitrogen and oxygen atoms in total. The highest BCUT2D eigenvalue weighted by Gasteiger charge is 2.17. The van der Waals surface area contributed by atoms with Crippen molar-refractivity contribution >= 4 is 17.3 Å². The summed E-state index contributed by atoms with van der Waals surface area (Å²) in [4.78, 5) is 13.3. The normalized spacial score (nSPS) is 17.3. The van der Waals surface area contributed by atoms with Crippen LogP contribution in [0.2, 0.25) is 0 Å². The number of anilines is 2. The maximum absolute atomic E-state index is 10.8. The number of nitrogens with two attached hydrogens (primary N) is 1. The third-order valence-electron chi connectivity index (χ3n) is 3.65. The first-order chi connectivity index (χ1) is 9.08. The molecule has 0 aromatic heterocycles. The molecular formula is C14H21N3O2. The lowest BCUT2D eigenvalue weighted by molar-refractivity contribution is 0.0697. The fourth-order valence-corrected chi connectivity index (χ4v) is 2.43. The van der Waals surface area contributed by atoms with Crippen molar-refractivity contribution < 1.29 is 9.90 Å². The number of nitrogen functional groups attached to an aromatic ring is 1. The average molecular weight is 263 g/mol. The van der Waals surface area contributed by atoms with Gasteiger partial charge in [0, 0.05) is 12.6 Å². The third kappa shape index (κ3) is 3.38. The molecule has 0 amide bonds. The number of hydrogen-bond donors (Lipinski definition) is 3. The Bertz CT molecular complexity index is 456. The summed E-state index contributed by atoms with van der Waals surface area (Å²) >= 11 is 0. The Balaban J connectivity index is 1.93. The molecule has 1 aliphatic rings. The summed E-state index contributed by atoms with van der Waals surface area (Å²) in [5.41, 5.74) is 7.36. The van der Waals surface area contributed by atoms with Gasteiger partial charge in [-0.25, -0.2) is 4.79 Å². The monoisotopic (exact) mass is 263 g/mol. The van der Waals surface area contributed by atoms with Crippen molar-refractivity contribution in [3.8, 4) is 0 Å². The number of nitrogens with zero attached hydrogens (tertiary/aromatic N) is 1. The van der Waals surface area contributed by atoms with Crippen LogP contribution in [-0.4, -0.2) is 41.7 Å². The highest BCUT2D eigenvalue weighted by molar-refractivity contribution is 5.90. The predicted molar refractivity (Wildman–Crippen MR) is 76.6 cm³/mol. The number of carboxylic acids is 1. The van der Waals surface area contributed by atoms with E-state index in [4.69, 9.17) is 10.8 Å². The lowest BCUT2D eigenvalue weighted by atomic mass is 10.1. The SMILES string of the molecule is CC(CNc1ccc(C(=O)O)cc1N)N1CCCC1. The molecule has 0 bridgehead atoms.